The van der Waals surface area contributed by atoms with Crippen LogP contribution < -0.4 is 25.0 Å². The highest BCUT2D eigenvalue weighted by molar-refractivity contribution is 5.94. The number of ether oxygens (including phenoxy) is 3. The summed E-state index contributed by atoms with van der Waals surface area (Å²) in [6.07, 6.45) is 3.44. The maximum atomic E-state index is 5.51. The Bertz CT molecular complexity index is 1260. The summed E-state index contributed by atoms with van der Waals surface area (Å²) >= 11 is 0. The first-order valence-corrected chi connectivity index (χ1v) is 11.0. The zero-order valence-corrected chi connectivity index (χ0v) is 19.1. The lowest BCUT2D eigenvalue weighted by molar-refractivity contribution is 0.122. The number of rotatable bonds is 7. The predicted octanol–water partition coefficient (Wildman–Crippen LogP) is 4.37. The normalized spacial score (nSPS) is 13.5. The number of nitrogens with zero attached hydrogens (tertiary/aromatic N) is 4. The van der Waals surface area contributed by atoms with E-state index in [0.29, 0.717) is 28.8 Å². The molecule has 0 unspecified atom stereocenters. The predicted molar refractivity (Wildman–Crippen MR) is 133 cm³/mol. The van der Waals surface area contributed by atoms with Crippen LogP contribution in [0.15, 0.2) is 60.9 Å². The van der Waals surface area contributed by atoms with Gasteiger partial charge in [0.25, 0.3) is 0 Å². The quantitative estimate of drug-likeness (QED) is 0.419. The first kappa shape index (κ1) is 21.7. The highest BCUT2D eigenvalue weighted by Crippen LogP contribution is 2.36. The fourth-order valence-electron chi connectivity index (χ4n) is 3.89. The molecule has 9 heteroatoms. The van der Waals surface area contributed by atoms with Crippen LogP contribution in [0, 0.1) is 0 Å². The number of pyridine rings is 1. The van der Waals surface area contributed by atoms with Crippen molar-refractivity contribution >= 4 is 39.7 Å². The number of hydrogen-bond donors (Lipinski definition) is 2. The topological polar surface area (TPSA) is 93.7 Å². The van der Waals surface area contributed by atoms with Gasteiger partial charge in [0.15, 0.2) is 11.5 Å². The molecule has 0 spiro atoms. The fraction of sp³-hybridized carbons (Fsp3) is 0.240. The highest BCUT2D eigenvalue weighted by Gasteiger charge is 2.15. The van der Waals surface area contributed by atoms with Gasteiger partial charge in [-0.2, -0.15) is 4.98 Å². The summed E-state index contributed by atoms with van der Waals surface area (Å²) < 4.78 is 16.4. The molecule has 174 valence electrons. The molecule has 2 aromatic carbocycles. The van der Waals surface area contributed by atoms with Crippen LogP contribution >= 0.6 is 0 Å². The molecule has 4 aromatic rings. The van der Waals surface area contributed by atoms with E-state index < -0.39 is 0 Å². The third-order valence-electron chi connectivity index (χ3n) is 5.63. The van der Waals surface area contributed by atoms with E-state index in [4.69, 9.17) is 19.2 Å². The van der Waals surface area contributed by atoms with E-state index in [-0.39, 0.29) is 0 Å². The van der Waals surface area contributed by atoms with Crippen LogP contribution in [-0.2, 0) is 4.74 Å². The summed E-state index contributed by atoms with van der Waals surface area (Å²) in [5.74, 6) is 2.30. The Morgan fingerprint density at radius 2 is 1.65 bits per heavy atom. The second-order valence-corrected chi connectivity index (χ2v) is 7.76. The molecule has 5 rings (SSSR count). The number of morpholine rings is 1. The number of aromatic nitrogens is 3. The van der Waals surface area contributed by atoms with Crippen LogP contribution in [0.4, 0.5) is 28.8 Å². The van der Waals surface area contributed by atoms with Crippen molar-refractivity contribution in [3.05, 3.63) is 60.9 Å². The van der Waals surface area contributed by atoms with Gasteiger partial charge in [-0.25, -0.2) is 4.98 Å². The lowest BCUT2D eigenvalue weighted by Crippen LogP contribution is -2.36. The molecule has 2 N–H and O–H groups in total. The number of nitrogens with one attached hydrogen (secondary N) is 2. The Morgan fingerprint density at radius 3 is 2.35 bits per heavy atom. The molecule has 0 saturated carbocycles. The van der Waals surface area contributed by atoms with Gasteiger partial charge < -0.3 is 29.7 Å². The fourth-order valence-corrected chi connectivity index (χ4v) is 3.89. The van der Waals surface area contributed by atoms with Gasteiger partial charge in [-0.3, -0.25) is 4.98 Å². The molecule has 0 amide bonds. The van der Waals surface area contributed by atoms with Crippen molar-refractivity contribution in [1.82, 2.24) is 15.0 Å². The second-order valence-electron chi connectivity index (χ2n) is 7.76. The number of fused-ring (bicyclic) bond motifs is 1. The molecule has 0 radical (unpaired) electrons. The Balaban J connectivity index is 1.50. The number of methoxy groups -OCH3 is 2. The molecule has 3 heterocycles. The van der Waals surface area contributed by atoms with Crippen molar-refractivity contribution in [1.29, 1.82) is 0 Å². The molecular weight excluding hydrogens is 432 g/mol. The number of anilines is 5. The molecule has 1 aliphatic heterocycles. The minimum absolute atomic E-state index is 0.445. The molecule has 1 aliphatic rings. The van der Waals surface area contributed by atoms with Gasteiger partial charge in [0.1, 0.15) is 5.82 Å². The Labute approximate surface area is 197 Å². The molecule has 0 aliphatic carbocycles. The Kier molecular flexibility index (Phi) is 6.26. The van der Waals surface area contributed by atoms with E-state index >= 15 is 0 Å². The highest BCUT2D eigenvalue weighted by atomic mass is 16.5. The summed E-state index contributed by atoms with van der Waals surface area (Å²) in [5.41, 5.74) is 3.60. The van der Waals surface area contributed by atoms with E-state index in [1.165, 1.54) is 5.69 Å². The zero-order chi connectivity index (χ0) is 23.3. The molecule has 9 nitrogen and oxygen atoms in total. The van der Waals surface area contributed by atoms with Gasteiger partial charge >= 0.3 is 0 Å². The molecule has 1 saturated heterocycles. The lowest BCUT2D eigenvalue weighted by atomic mass is 10.2. The van der Waals surface area contributed by atoms with Crippen molar-refractivity contribution in [2.24, 2.45) is 0 Å². The number of hydrogen-bond acceptors (Lipinski definition) is 9. The summed E-state index contributed by atoms with van der Waals surface area (Å²) in [4.78, 5) is 15.9. The van der Waals surface area contributed by atoms with Gasteiger partial charge in [0.05, 0.1) is 44.8 Å². The first-order chi connectivity index (χ1) is 16.7. The molecule has 2 aromatic heterocycles. The molecule has 0 bridgehead atoms. The molecular formula is C25H26N6O3. The van der Waals surface area contributed by atoms with Crippen LogP contribution in [0.1, 0.15) is 0 Å². The minimum Gasteiger partial charge on any atom is -0.493 e. The monoisotopic (exact) mass is 458 g/mol. The summed E-state index contributed by atoms with van der Waals surface area (Å²) in [7, 11) is 3.22. The zero-order valence-electron chi connectivity index (χ0n) is 19.1. The van der Waals surface area contributed by atoms with Crippen molar-refractivity contribution in [2.75, 3.05) is 56.1 Å². The SMILES string of the molecule is COc1cc2nc(Nc3cccnc3)nc(Nc3ccc(N4CCOCC4)cc3)c2cc1OC. The molecule has 0 atom stereocenters. The molecule has 1 fully saturated rings. The van der Waals surface area contributed by atoms with E-state index in [0.717, 1.165) is 43.1 Å². The van der Waals surface area contributed by atoms with Crippen molar-refractivity contribution in [2.45, 2.75) is 0 Å². The average molecular weight is 459 g/mol. The van der Waals surface area contributed by atoms with Gasteiger partial charge in [0.2, 0.25) is 5.95 Å². The van der Waals surface area contributed by atoms with Crippen molar-refractivity contribution in [3.8, 4) is 11.5 Å². The van der Waals surface area contributed by atoms with Crippen LogP contribution in [0.5, 0.6) is 11.5 Å². The first-order valence-electron chi connectivity index (χ1n) is 11.0. The molecule has 34 heavy (non-hydrogen) atoms. The van der Waals surface area contributed by atoms with E-state index in [2.05, 4.69) is 37.6 Å². The van der Waals surface area contributed by atoms with Crippen LogP contribution in [0.25, 0.3) is 10.9 Å². The third kappa shape index (κ3) is 4.65. The van der Waals surface area contributed by atoms with Gasteiger partial charge in [0, 0.05) is 42.1 Å². The summed E-state index contributed by atoms with van der Waals surface area (Å²) in [6, 6.07) is 15.8. The Morgan fingerprint density at radius 1 is 0.882 bits per heavy atom. The average Bonchev–Trinajstić information content (AvgIpc) is 2.89. The van der Waals surface area contributed by atoms with Crippen LogP contribution in [-0.4, -0.2) is 55.5 Å². The minimum atomic E-state index is 0.445. The van der Waals surface area contributed by atoms with Crippen molar-refractivity contribution < 1.29 is 14.2 Å². The maximum Gasteiger partial charge on any atom is 0.229 e. The number of benzene rings is 2. The van der Waals surface area contributed by atoms with Gasteiger partial charge in [-0.1, -0.05) is 0 Å². The third-order valence-corrected chi connectivity index (χ3v) is 5.63. The van der Waals surface area contributed by atoms with Crippen molar-refractivity contribution in [3.63, 3.8) is 0 Å². The summed E-state index contributed by atoms with van der Waals surface area (Å²) in [6.45, 7) is 3.30. The van der Waals surface area contributed by atoms with Gasteiger partial charge in [-0.15, -0.1) is 0 Å². The lowest BCUT2D eigenvalue weighted by Gasteiger charge is -2.29. The van der Waals surface area contributed by atoms with E-state index in [1.54, 1.807) is 26.6 Å². The Hall–Kier alpha value is -4.11. The maximum absolute atomic E-state index is 5.51. The van der Waals surface area contributed by atoms with E-state index in [1.807, 2.05) is 36.4 Å². The summed E-state index contributed by atoms with van der Waals surface area (Å²) in [5, 5.41) is 7.48. The smallest absolute Gasteiger partial charge is 0.229 e. The largest absolute Gasteiger partial charge is 0.493 e. The second kappa shape index (κ2) is 9.80. The standard InChI is InChI=1S/C25H26N6O3/c1-32-22-14-20-21(15-23(22)33-2)29-25(28-18-4-3-9-26-16-18)30-24(20)27-17-5-7-19(8-6-17)31-10-12-34-13-11-31/h3-9,14-16H,10-13H2,1-2H3,(H2,27,28,29,30). The van der Waals surface area contributed by atoms with E-state index in [9.17, 15) is 0 Å². The van der Waals surface area contributed by atoms with Gasteiger partial charge in [-0.05, 0) is 42.5 Å². The van der Waals surface area contributed by atoms with Crippen LogP contribution in [0.3, 0.4) is 0 Å². The van der Waals surface area contributed by atoms with Crippen LogP contribution in [0.2, 0.25) is 0 Å².